The van der Waals surface area contributed by atoms with Crippen LogP contribution >= 0.6 is 11.3 Å². The molecule has 1 aliphatic heterocycles. The summed E-state index contributed by atoms with van der Waals surface area (Å²) < 4.78 is 95.1. The van der Waals surface area contributed by atoms with Gasteiger partial charge in [-0.15, -0.1) is 11.3 Å². The number of ether oxygens (including phenoxy) is 2. The van der Waals surface area contributed by atoms with Crippen molar-refractivity contribution in [1.82, 2.24) is 0 Å². The van der Waals surface area contributed by atoms with E-state index in [4.69, 9.17) is 9.47 Å². The van der Waals surface area contributed by atoms with Crippen molar-refractivity contribution < 1.29 is 35.8 Å². The molecule has 0 radical (unpaired) electrons. The molecule has 1 fully saturated rings. The first-order chi connectivity index (χ1) is 15.2. The molecule has 172 valence electrons. The van der Waals surface area contributed by atoms with Crippen LogP contribution in [-0.4, -0.2) is 12.7 Å². The van der Waals surface area contributed by atoms with Gasteiger partial charge < -0.3 is 9.47 Å². The number of fused-ring (bicyclic) bond motifs is 1. The van der Waals surface area contributed by atoms with Crippen molar-refractivity contribution in [2.24, 2.45) is 0 Å². The van der Waals surface area contributed by atoms with Gasteiger partial charge in [-0.2, -0.15) is 8.78 Å². The Morgan fingerprint density at radius 2 is 1.75 bits per heavy atom. The maximum atomic E-state index is 14.8. The topological polar surface area (TPSA) is 18.5 Å². The summed E-state index contributed by atoms with van der Waals surface area (Å²) in [6.45, 7) is 1.71. The van der Waals surface area contributed by atoms with Gasteiger partial charge in [0.1, 0.15) is 4.88 Å². The highest BCUT2D eigenvalue weighted by Gasteiger charge is 2.42. The molecule has 3 aromatic rings. The first-order valence-corrected chi connectivity index (χ1v) is 11.0. The van der Waals surface area contributed by atoms with Gasteiger partial charge in [0.25, 0.3) is 0 Å². The Morgan fingerprint density at radius 3 is 2.38 bits per heavy atom. The van der Waals surface area contributed by atoms with Gasteiger partial charge in [0, 0.05) is 10.1 Å². The molecule has 2 nitrogen and oxygen atoms in total. The molecule has 1 saturated heterocycles. The second-order valence-electron chi connectivity index (χ2n) is 7.78. The fraction of sp³-hybridized carbons (Fsp3) is 0.391. The number of thiophene rings is 1. The minimum Gasteiger partial charge on any atom is -0.371 e. The average molecular weight is 474 g/mol. The molecule has 0 aliphatic carbocycles. The van der Waals surface area contributed by atoms with Crippen molar-refractivity contribution in [2.45, 2.75) is 50.9 Å². The van der Waals surface area contributed by atoms with Crippen LogP contribution in [0, 0.1) is 23.3 Å². The molecular weight excluding hydrogens is 454 g/mol. The SMILES string of the molecule is CCCc1ccc2c(F)c(C(F)(F)OC3CCC(c4cc(F)c(F)c(F)c4)OC3)sc2c1. The van der Waals surface area contributed by atoms with E-state index in [1.807, 2.05) is 6.92 Å². The predicted molar refractivity (Wildman–Crippen MR) is 109 cm³/mol. The summed E-state index contributed by atoms with van der Waals surface area (Å²) in [5.41, 5.74) is 1.02. The molecule has 2 aromatic carbocycles. The largest absolute Gasteiger partial charge is 0.395 e. The van der Waals surface area contributed by atoms with Crippen LogP contribution in [0.2, 0.25) is 0 Å². The molecule has 9 heteroatoms. The third-order valence-corrected chi connectivity index (χ3v) is 6.60. The molecule has 2 unspecified atom stereocenters. The van der Waals surface area contributed by atoms with E-state index in [1.165, 1.54) is 6.07 Å². The maximum Gasteiger partial charge on any atom is 0.395 e. The van der Waals surface area contributed by atoms with Gasteiger partial charge in [-0.25, -0.2) is 17.6 Å². The van der Waals surface area contributed by atoms with Crippen molar-refractivity contribution in [1.29, 1.82) is 0 Å². The highest BCUT2D eigenvalue weighted by atomic mass is 32.1. The van der Waals surface area contributed by atoms with Crippen LogP contribution in [0.3, 0.4) is 0 Å². The van der Waals surface area contributed by atoms with Crippen molar-refractivity contribution in [3.05, 3.63) is 69.6 Å². The van der Waals surface area contributed by atoms with Crippen LogP contribution in [-0.2, 0) is 22.0 Å². The highest BCUT2D eigenvalue weighted by molar-refractivity contribution is 7.19. The van der Waals surface area contributed by atoms with Gasteiger partial charge in [-0.05, 0) is 48.6 Å². The minimum absolute atomic E-state index is 0.0741. The fourth-order valence-corrected chi connectivity index (χ4v) is 4.91. The van der Waals surface area contributed by atoms with Crippen LogP contribution in [0.25, 0.3) is 10.1 Å². The average Bonchev–Trinajstić information content (AvgIpc) is 3.09. The Labute approximate surface area is 184 Å². The lowest BCUT2D eigenvalue weighted by molar-refractivity contribution is -0.288. The van der Waals surface area contributed by atoms with Crippen LogP contribution in [0.1, 0.15) is 48.3 Å². The first kappa shape index (κ1) is 23.1. The predicted octanol–water partition coefficient (Wildman–Crippen LogP) is 7.40. The number of aryl methyl sites for hydroxylation is 1. The molecule has 1 aliphatic rings. The van der Waals surface area contributed by atoms with E-state index in [0.717, 1.165) is 30.5 Å². The van der Waals surface area contributed by atoms with E-state index >= 15 is 0 Å². The summed E-state index contributed by atoms with van der Waals surface area (Å²) in [6, 6.07) is 6.57. The molecule has 32 heavy (non-hydrogen) atoms. The molecule has 2 heterocycles. The Bertz CT molecular complexity index is 1100. The van der Waals surface area contributed by atoms with Gasteiger partial charge in [0.15, 0.2) is 23.3 Å². The van der Waals surface area contributed by atoms with Crippen molar-refractivity contribution in [3.63, 3.8) is 0 Å². The second-order valence-corrected chi connectivity index (χ2v) is 8.83. The summed E-state index contributed by atoms with van der Waals surface area (Å²) in [5.74, 6) is -5.30. The zero-order valence-corrected chi connectivity index (χ0v) is 17.9. The number of rotatable bonds is 6. The van der Waals surface area contributed by atoms with E-state index < -0.39 is 46.5 Å². The normalized spacial score (nSPS) is 19.6. The Balaban J connectivity index is 1.46. The third kappa shape index (κ3) is 4.51. The highest BCUT2D eigenvalue weighted by Crippen LogP contribution is 2.43. The van der Waals surface area contributed by atoms with E-state index in [-0.39, 0.29) is 30.4 Å². The van der Waals surface area contributed by atoms with Crippen molar-refractivity contribution in [3.8, 4) is 0 Å². The summed E-state index contributed by atoms with van der Waals surface area (Å²) >= 11 is 0.652. The number of alkyl halides is 2. The number of benzene rings is 2. The third-order valence-electron chi connectivity index (χ3n) is 5.42. The van der Waals surface area contributed by atoms with E-state index in [1.54, 1.807) is 12.1 Å². The summed E-state index contributed by atoms with van der Waals surface area (Å²) in [6.07, 6.45) is -3.84. The van der Waals surface area contributed by atoms with E-state index in [0.29, 0.717) is 16.0 Å². The van der Waals surface area contributed by atoms with E-state index in [9.17, 15) is 26.3 Å². The van der Waals surface area contributed by atoms with Crippen molar-refractivity contribution >= 4 is 21.4 Å². The number of hydrogen-bond acceptors (Lipinski definition) is 3. The summed E-state index contributed by atoms with van der Waals surface area (Å²) in [4.78, 5) is -0.800. The molecule has 0 amide bonds. The lowest BCUT2D eigenvalue weighted by atomic mass is 9.99. The molecule has 4 rings (SSSR count). The molecule has 0 spiro atoms. The van der Waals surface area contributed by atoms with Crippen LogP contribution in [0.15, 0.2) is 30.3 Å². The quantitative estimate of drug-likeness (QED) is 0.274. The molecule has 0 bridgehead atoms. The van der Waals surface area contributed by atoms with Crippen LogP contribution in [0.4, 0.5) is 26.3 Å². The number of halogens is 6. The summed E-state index contributed by atoms with van der Waals surface area (Å²) in [7, 11) is 0. The zero-order chi connectivity index (χ0) is 23.0. The molecule has 0 saturated carbocycles. The van der Waals surface area contributed by atoms with Gasteiger partial charge in [-0.3, -0.25) is 0 Å². The summed E-state index contributed by atoms with van der Waals surface area (Å²) in [5, 5.41) is 0.119. The smallest absolute Gasteiger partial charge is 0.371 e. The minimum atomic E-state index is -3.87. The molecular formula is C23H20F6O2S. The Hall–Kier alpha value is -2.10. The van der Waals surface area contributed by atoms with Crippen LogP contribution < -0.4 is 0 Å². The Kier molecular flexibility index (Phi) is 6.51. The van der Waals surface area contributed by atoms with Gasteiger partial charge >= 0.3 is 6.11 Å². The molecule has 1 aromatic heterocycles. The lowest BCUT2D eigenvalue weighted by Crippen LogP contribution is -2.33. The van der Waals surface area contributed by atoms with E-state index in [2.05, 4.69) is 0 Å². The number of hydrogen-bond donors (Lipinski definition) is 0. The fourth-order valence-electron chi connectivity index (χ4n) is 3.85. The van der Waals surface area contributed by atoms with Gasteiger partial charge in [0.05, 0.1) is 18.8 Å². The lowest BCUT2D eigenvalue weighted by Gasteiger charge is -2.31. The zero-order valence-electron chi connectivity index (χ0n) is 17.1. The van der Waals surface area contributed by atoms with Gasteiger partial charge in [0.2, 0.25) is 0 Å². The second kappa shape index (κ2) is 9.03. The monoisotopic (exact) mass is 474 g/mol. The maximum absolute atomic E-state index is 14.8. The Morgan fingerprint density at radius 1 is 1.03 bits per heavy atom. The van der Waals surface area contributed by atoms with Gasteiger partial charge in [-0.1, -0.05) is 25.5 Å². The standard InChI is InChI=1S/C23H20F6O2S/c1-2-3-12-4-6-15-19(8-12)32-22(20(15)26)23(28,29)31-14-5-7-18(30-11-14)13-9-16(24)21(27)17(25)10-13/h4,6,8-10,14,18H,2-3,5,7,11H2,1H3. The van der Waals surface area contributed by atoms with Crippen LogP contribution in [0.5, 0.6) is 0 Å². The molecule has 2 atom stereocenters. The first-order valence-electron chi connectivity index (χ1n) is 10.2. The molecule has 0 N–H and O–H groups in total. The van der Waals surface area contributed by atoms with Crippen molar-refractivity contribution in [2.75, 3.05) is 6.61 Å².